The SMILES string of the molecule is NC(=O)Nc1ccc(C=O)cc1Br. The number of urea groups is 1. The fourth-order valence-corrected chi connectivity index (χ4v) is 1.33. The van der Waals surface area contributed by atoms with E-state index in [0.717, 1.165) is 6.29 Å². The van der Waals surface area contributed by atoms with Crippen LogP contribution in [0.15, 0.2) is 22.7 Å². The molecule has 0 fully saturated rings. The van der Waals surface area contributed by atoms with Crippen LogP contribution >= 0.6 is 15.9 Å². The van der Waals surface area contributed by atoms with Crippen molar-refractivity contribution in [3.05, 3.63) is 28.2 Å². The van der Waals surface area contributed by atoms with Crippen molar-refractivity contribution in [2.24, 2.45) is 5.73 Å². The number of hydrogen-bond acceptors (Lipinski definition) is 2. The van der Waals surface area contributed by atoms with Crippen LogP contribution in [0.2, 0.25) is 0 Å². The number of nitrogens with two attached hydrogens (primary N) is 1. The zero-order valence-electron chi connectivity index (χ0n) is 6.58. The van der Waals surface area contributed by atoms with Crippen LogP contribution in [-0.2, 0) is 0 Å². The molecule has 0 aromatic heterocycles. The maximum atomic E-state index is 10.5. The zero-order valence-corrected chi connectivity index (χ0v) is 8.17. The minimum atomic E-state index is -0.639. The highest BCUT2D eigenvalue weighted by Gasteiger charge is 2.02. The lowest BCUT2D eigenvalue weighted by atomic mass is 10.2. The van der Waals surface area contributed by atoms with Gasteiger partial charge >= 0.3 is 6.03 Å². The van der Waals surface area contributed by atoms with Gasteiger partial charge in [-0.25, -0.2) is 4.79 Å². The molecule has 1 aromatic carbocycles. The van der Waals surface area contributed by atoms with Crippen molar-refractivity contribution in [3.63, 3.8) is 0 Å². The van der Waals surface area contributed by atoms with Crippen LogP contribution in [0.5, 0.6) is 0 Å². The van der Waals surface area contributed by atoms with E-state index in [1.165, 1.54) is 0 Å². The molecule has 3 N–H and O–H groups in total. The van der Waals surface area contributed by atoms with Crippen LogP contribution in [0.3, 0.4) is 0 Å². The topological polar surface area (TPSA) is 72.2 Å². The van der Waals surface area contributed by atoms with Gasteiger partial charge in [0.1, 0.15) is 6.29 Å². The number of rotatable bonds is 2. The van der Waals surface area contributed by atoms with Crippen molar-refractivity contribution >= 4 is 33.9 Å². The first kappa shape index (κ1) is 9.73. The van der Waals surface area contributed by atoms with Crippen molar-refractivity contribution < 1.29 is 9.59 Å². The predicted molar refractivity (Wildman–Crippen MR) is 52.7 cm³/mol. The van der Waals surface area contributed by atoms with E-state index in [1.807, 2.05) is 0 Å². The third-order valence-electron chi connectivity index (χ3n) is 1.39. The summed E-state index contributed by atoms with van der Waals surface area (Å²) in [7, 11) is 0. The fourth-order valence-electron chi connectivity index (χ4n) is 0.839. The Morgan fingerprint density at radius 1 is 1.54 bits per heavy atom. The van der Waals surface area contributed by atoms with Crippen molar-refractivity contribution in [2.45, 2.75) is 0 Å². The highest BCUT2D eigenvalue weighted by atomic mass is 79.9. The van der Waals surface area contributed by atoms with Crippen molar-refractivity contribution in [1.82, 2.24) is 0 Å². The normalized spacial score (nSPS) is 9.31. The first-order chi connectivity index (χ1) is 6.13. The summed E-state index contributed by atoms with van der Waals surface area (Å²) in [4.78, 5) is 20.9. The molecule has 13 heavy (non-hydrogen) atoms. The maximum Gasteiger partial charge on any atom is 0.316 e. The summed E-state index contributed by atoms with van der Waals surface area (Å²) >= 11 is 3.19. The van der Waals surface area contributed by atoms with Gasteiger partial charge in [-0.3, -0.25) is 4.79 Å². The van der Waals surface area contributed by atoms with Crippen LogP contribution in [0.25, 0.3) is 0 Å². The summed E-state index contributed by atoms with van der Waals surface area (Å²) < 4.78 is 0.621. The summed E-state index contributed by atoms with van der Waals surface area (Å²) in [5, 5.41) is 2.40. The molecule has 0 aliphatic rings. The Kier molecular flexibility index (Phi) is 3.02. The fraction of sp³-hybridized carbons (Fsp3) is 0. The molecule has 5 heteroatoms. The number of aldehydes is 1. The van der Waals surface area contributed by atoms with Gasteiger partial charge in [0.05, 0.1) is 5.69 Å². The van der Waals surface area contributed by atoms with E-state index >= 15 is 0 Å². The first-order valence-electron chi connectivity index (χ1n) is 3.44. The van der Waals surface area contributed by atoms with E-state index in [1.54, 1.807) is 18.2 Å². The summed E-state index contributed by atoms with van der Waals surface area (Å²) in [5.41, 5.74) is 5.99. The number of carbonyl (C=O) groups excluding carboxylic acids is 2. The number of halogens is 1. The molecule has 4 nitrogen and oxygen atoms in total. The number of hydrogen-bond donors (Lipinski definition) is 2. The third kappa shape index (κ3) is 2.55. The second kappa shape index (κ2) is 4.04. The smallest absolute Gasteiger partial charge is 0.316 e. The van der Waals surface area contributed by atoms with E-state index in [4.69, 9.17) is 5.73 Å². The standard InChI is InChI=1S/C8H7BrN2O2/c9-6-3-5(4-12)1-2-7(6)11-8(10)13/h1-4H,(H3,10,11,13). The van der Waals surface area contributed by atoms with Gasteiger partial charge in [0.2, 0.25) is 0 Å². The van der Waals surface area contributed by atoms with E-state index in [9.17, 15) is 9.59 Å². The molecular weight excluding hydrogens is 236 g/mol. The molecule has 0 unspecified atom stereocenters. The third-order valence-corrected chi connectivity index (χ3v) is 2.04. The highest BCUT2D eigenvalue weighted by molar-refractivity contribution is 9.10. The van der Waals surface area contributed by atoms with E-state index in [2.05, 4.69) is 21.2 Å². The van der Waals surface area contributed by atoms with Crippen LogP contribution in [0, 0.1) is 0 Å². The minimum absolute atomic E-state index is 0.530. The molecule has 0 saturated heterocycles. The number of benzene rings is 1. The molecule has 0 spiro atoms. The molecule has 0 heterocycles. The van der Waals surface area contributed by atoms with Gasteiger partial charge in [0.15, 0.2) is 0 Å². The lowest BCUT2D eigenvalue weighted by Crippen LogP contribution is -2.19. The summed E-state index contributed by atoms with van der Waals surface area (Å²) in [6.07, 6.45) is 0.721. The van der Waals surface area contributed by atoms with Gasteiger partial charge in [-0.2, -0.15) is 0 Å². The minimum Gasteiger partial charge on any atom is -0.351 e. The van der Waals surface area contributed by atoms with Crippen LogP contribution < -0.4 is 11.1 Å². The molecule has 0 aliphatic carbocycles. The Morgan fingerprint density at radius 3 is 2.69 bits per heavy atom. The largest absolute Gasteiger partial charge is 0.351 e. The Labute approximate surface area is 83.2 Å². The average Bonchev–Trinajstić information content (AvgIpc) is 2.08. The highest BCUT2D eigenvalue weighted by Crippen LogP contribution is 2.22. The van der Waals surface area contributed by atoms with Gasteiger partial charge < -0.3 is 11.1 Å². The number of primary amides is 1. The first-order valence-corrected chi connectivity index (χ1v) is 4.24. The lowest BCUT2D eigenvalue weighted by Gasteiger charge is -2.04. The predicted octanol–water partition coefficient (Wildman–Crippen LogP) is 1.75. The quantitative estimate of drug-likeness (QED) is 0.776. The van der Waals surface area contributed by atoms with Gasteiger partial charge in [0, 0.05) is 10.0 Å². The molecular formula is C8H7BrN2O2. The second-order valence-corrected chi connectivity index (χ2v) is 3.20. The monoisotopic (exact) mass is 242 g/mol. The second-order valence-electron chi connectivity index (χ2n) is 2.35. The molecule has 0 bridgehead atoms. The lowest BCUT2D eigenvalue weighted by molar-refractivity contribution is 0.112. The van der Waals surface area contributed by atoms with E-state index in [-0.39, 0.29) is 0 Å². The number of nitrogens with one attached hydrogen (secondary N) is 1. The van der Waals surface area contributed by atoms with Crippen molar-refractivity contribution in [1.29, 1.82) is 0 Å². The number of carbonyl (C=O) groups is 2. The van der Waals surface area contributed by atoms with Gasteiger partial charge in [-0.05, 0) is 34.1 Å². The van der Waals surface area contributed by atoms with Gasteiger partial charge in [-0.1, -0.05) is 0 Å². The number of amides is 2. The molecule has 68 valence electrons. The molecule has 2 amide bonds. The maximum absolute atomic E-state index is 10.5. The van der Waals surface area contributed by atoms with Crippen molar-refractivity contribution in [2.75, 3.05) is 5.32 Å². The summed E-state index contributed by atoms with van der Waals surface area (Å²) in [6, 6.07) is 4.14. The van der Waals surface area contributed by atoms with Gasteiger partial charge in [0.25, 0.3) is 0 Å². The Bertz CT molecular complexity index is 352. The van der Waals surface area contributed by atoms with E-state index in [0.29, 0.717) is 15.7 Å². The molecule has 0 radical (unpaired) electrons. The van der Waals surface area contributed by atoms with Crippen LogP contribution in [0.4, 0.5) is 10.5 Å². The molecule has 0 saturated carbocycles. The molecule has 1 aromatic rings. The average molecular weight is 243 g/mol. The molecule has 0 aliphatic heterocycles. The summed E-state index contributed by atoms with van der Waals surface area (Å²) in [6.45, 7) is 0. The zero-order chi connectivity index (χ0) is 9.84. The summed E-state index contributed by atoms with van der Waals surface area (Å²) in [5.74, 6) is 0. The van der Waals surface area contributed by atoms with Crippen molar-refractivity contribution in [3.8, 4) is 0 Å². The van der Waals surface area contributed by atoms with Crippen LogP contribution in [0.1, 0.15) is 10.4 Å². The number of anilines is 1. The Morgan fingerprint density at radius 2 is 2.23 bits per heavy atom. The van der Waals surface area contributed by atoms with E-state index < -0.39 is 6.03 Å². The Hall–Kier alpha value is -1.36. The van der Waals surface area contributed by atoms with Gasteiger partial charge in [-0.15, -0.1) is 0 Å². The molecule has 0 atom stereocenters. The Balaban J connectivity index is 2.98. The molecule has 1 rings (SSSR count). The van der Waals surface area contributed by atoms with Crippen LogP contribution in [-0.4, -0.2) is 12.3 Å².